The number of hydrogen-bond donors (Lipinski definition) is 3. The SMILES string of the molecule is Cc1ccc([C@H](N)C(F)(F)CO)c(O)c1[N+](=O)[O-].Cl. The number of aliphatic hydroxyl groups excluding tert-OH is 1. The normalized spacial score (nSPS) is 12.7. The van der Waals surface area contributed by atoms with Crippen molar-refractivity contribution in [3.05, 3.63) is 33.4 Å². The van der Waals surface area contributed by atoms with Crippen LogP contribution >= 0.6 is 12.4 Å². The monoisotopic (exact) mass is 298 g/mol. The van der Waals surface area contributed by atoms with Crippen LogP contribution in [0.4, 0.5) is 14.5 Å². The molecule has 0 heterocycles. The Kier molecular flexibility index (Phi) is 5.61. The molecule has 4 N–H and O–H groups in total. The number of phenolic OH excluding ortho intramolecular Hbond substituents is 1. The molecule has 0 saturated carbocycles. The molecule has 1 aromatic carbocycles. The van der Waals surface area contributed by atoms with Gasteiger partial charge in [0, 0.05) is 11.1 Å². The van der Waals surface area contributed by atoms with E-state index in [9.17, 15) is 24.0 Å². The number of benzene rings is 1. The average molecular weight is 299 g/mol. The van der Waals surface area contributed by atoms with E-state index in [0.29, 0.717) is 0 Å². The molecule has 0 aliphatic rings. The fourth-order valence-electron chi connectivity index (χ4n) is 1.50. The van der Waals surface area contributed by atoms with Crippen molar-refractivity contribution in [2.75, 3.05) is 6.61 Å². The first kappa shape index (κ1) is 17.5. The molecule has 0 aromatic heterocycles. The Morgan fingerprint density at radius 3 is 2.47 bits per heavy atom. The number of rotatable bonds is 4. The number of phenols is 1. The molecule has 9 heteroatoms. The summed E-state index contributed by atoms with van der Waals surface area (Å²) in [6, 6.07) is 0.258. The Hall–Kier alpha value is -1.51. The summed E-state index contributed by atoms with van der Waals surface area (Å²) in [5.41, 5.74) is 4.19. The molecule has 0 aliphatic carbocycles. The number of hydrogen-bond acceptors (Lipinski definition) is 5. The fourth-order valence-corrected chi connectivity index (χ4v) is 1.50. The maximum atomic E-state index is 13.2. The quantitative estimate of drug-likeness (QED) is 0.578. The summed E-state index contributed by atoms with van der Waals surface area (Å²) >= 11 is 0. The van der Waals surface area contributed by atoms with Crippen molar-refractivity contribution < 1.29 is 23.9 Å². The van der Waals surface area contributed by atoms with Crippen LogP contribution in [0.1, 0.15) is 17.2 Å². The standard InChI is InChI=1S/C10H12F2N2O4.ClH/c1-5-2-3-6(8(16)7(5)14(17)18)9(13)10(11,12)4-15;/h2-3,9,15-16H,4,13H2,1H3;1H/t9-;/m0./s1. The van der Waals surface area contributed by atoms with Gasteiger partial charge in [0.05, 0.1) is 4.92 Å². The van der Waals surface area contributed by atoms with Crippen LogP contribution in [0, 0.1) is 17.0 Å². The number of nitrogens with zero attached hydrogens (tertiary/aromatic N) is 1. The van der Waals surface area contributed by atoms with Gasteiger partial charge in [-0.25, -0.2) is 8.78 Å². The van der Waals surface area contributed by atoms with E-state index in [0.717, 1.165) is 6.07 Å². The predicted molar refractivity (Wildman–Crippen MR) is 65.7 cm³/mol. The van der Waals surface area contributed by atoms with Gasteiger partial charge in [-0.15, -0.1) is 12.4 Å². The van der Waals surface area contributed by atoms with Gasteiger partial charge < -0.3 is 15.9 Å². The van der Waals surface area contributed by atoms with Crippen molar-refractivity contribution >= 4 is 18.1 Å². The topological polar surface area (TPSA) is 110 Å². The number of nitro benzene ring substituents is 1. The molecule has 0 spiro atoms. The van der Waals surface area contributed by atoms with E-state index in [1.807, 2.05) is 0 Å². The van der Waals surface area contributed by atoms with Gasteiger partial charge in [-0.2, -0.15) is 0 Å². The lowest BCUT2D eigenvalue weighted by Crippen LogP contribution is -2.36. The molecule has 1 aromatic rings. The summed E-state index contributed by atoms with van der Waals surface area (Å²) in [7, 11) is 0. The highest BCUT2D eigenvalue weighted by Crippen LogP contribution is 2.40. The minimum atomic E-state index is -3.68. The maximum Gasteiger partial charge on any atom is 0.313 e. The van der Waals surface area contributed by atoms with Crippen molar-refractivity contribution in [1.29, 1.82) is 0 Å². The van der Waals surface area contributed by atoms with Gasteiger partial charge in [-0.3, -0.25) is 10.1 Å². The minimum Gasteiger partial charge on any atom is -0.502 e. The number of halogens is 3. The molecule has 0 amide bonds. The van der Waals surface area contributed by atoms with Gasteiger partial charge in [-0.1, -0.05) is 12.1 Å². The van der Waals surface area contributed by atoms with E-state index in [-0.39, 0.29) is 18.0 Å². The molecular formula is C10H13ClF2N2O4. The van der Waals surface area contributed by atoms with Gasteiger partial charge in [0.15, 0.2) is 5.75 Å². The van der Waals surface area contributed by atoms with E-state index in [1.165, 1.54) is 13.0 Å². The van der Waals surface area contributed by atoms with E-state index >= 15 is 0 Å². The number of nitrogens with two attached hydrogens (primary N) is 1. The van der Waals surface area contributed by atoms with Crippen LogP contribution in [0.2, 0.25) is 0 Å². The highest BCUT2D eigenvalue weighted by Gasteiger charge is 2.40. The van der Waals surface area contributed by atoms with E-state index in [4.69, 9.17) is 10.8 Å². The summed E-state index contributed by atoms with van der Waals surface area (Å²) in [5.74, 6) is -4.58. The number of aromatic hydroxyl groups is 1. The Morgan fingerprint density at radius 1 is 1.53 bits per heavy atom. The molecule has 0 unspecified atom stereocenters. The van der Waals surface area contributed by atoms with Crippen LogP contribution in [-0.4, -0.2) is 27.7 Å². The molecule has 0 aliphatic heterocycles. The van der Waals surface area contributed by atoms with Crippen LogP contribution in [0.15, 0.2) is 12.1 Å². The third kappa shape index (κ3) is 3.28. The number of alkyl halides is 2. The van der Waals surface area contributed by atoms with E-state index < -0.39 is 40.5 Å². The molecule has 6 nitrogen and oxygen atoms in total. The van der Waals surface area contributed by atoms with Gasteiger partial charge in [0.2, 0.25) is 0 Å². The third-order valence-corrected chi connectivity index (χ3v) is 2.57. The average Bonchev–Trinajstić information content (AvgIpc) is 2.28. The molecule has 19 heavy (non-hydrogen) atoms. The second-order valence-corrected chi connectivity index (χ2v) is 3.82. The maximum absolute atomic E-state index is 13.2. The van der Waals surface area contributed by atoms with Crippen LogP contribution in [0.25, 0.3) is 0 Å². The Labute approximate surface area is 113 Å². The lowest BCUT2D eigenvalue weighted by atomic mass is 9.98. The highest BCUT2D eigenvalue weighted by atomic mass is 35.5. The third-order valence-electron chi connectivity index (χ3n) is 2.57. The van der Waals surface area contributed by atoms with Crippen molar-refractivity contribution in [3.8, 4) is 5.75 Å². The van der Waals surface area contributed by atoms with Crippen LogP contribution < -0.4 is 5.73 Å². The minimum absolute atomic E-state index is 0. The first-order valence-corrected chi connectivity index (χ1v) is 4.93. The van der Waals surface area contributed by atoms with Crippen molar-refractivity contribution in [1.82, 2.24) is 0 Å². The summed E-state index contributed by atoms with van der Waals surface area (Å²) in [6.45, 7) is -0.160. The summed E-state index contributed by atoms with van der Waals surface area (Å²) in [5, 5.41) is 28.8. The van der Waals surface area contributed by atoms with Crippen LogP contribution in [0.3, 0.4) is 0 Å². The molecule has 1 atom stereocenters. The van der Waals surface area contributed by atoms with E-state index in [1.54, 1.807) is 0 Å². The van der Waals surface area contributed by atoms with Gasteiger partial charge in [-0.05, 0) is 6.92 Å². The summed E-state index contributed by atoms with van der Waals surface area (Å²) in [4.78, 5) is 9.83. The highest BCUT2D eigenvalue weighted by molar-refractivity contribution is 5.85. The lowest BCUT2D eigenvalue weighted by Gasteiger charge is -2.22. The molecule has 1 rings (SSSR count). The van der Waals surface area contributed by atoms with Crippen molar-refractivity contribution in [2.45, 2.75) is 18.9 Å². The number of nitro groups is 1. The van der Waals surface area contributed by atoms with Crippen molar-refractivity contribution in [3.63, 3.8) is 0 Å². The first-order valence-electron chi connectivity index (χ1n) is 4.93. The molecular weight excluding hydrogens is 286 g/mol. The second kappa shape index (κ2) is 6.09. The predicted octanol–water partition coefficient (Wildman–Crippen LogP) is 1.66. The van der Waals surface area contributed by atoms with Crippen molar-refractivity contribution in [2.24, 2.45) is 5.73 Å². The first-order chi connectivity index (χ1) is 8.22. The van der Waals surface area contributed by atoms with E-state index in [2.05, 4.69) is 0 Å². The summed E-state index contributed by atoms with van der Waals surface area (Å²) < 4.78 is 26.4. The Balaban J connectivity index is 0.00000324. The van der Waals surface area contributed by atoms with Gasteiger partial charge in [0.25, 0.3) is 5.92 Å². The van der Waals surface area contributed by atoms with Gasteiger partial charge >= 0.3 is 5.69 Å². The van der Waals surface area contributed by atoms with Crippen LogP contribution in [0.5, 0.6) is 5.75 Å². The Bertz CT molecular complexity index is 485. The fraction of sp³-hybridized carbons (Fsp3) is 0.400. The zero-order chi connectivity index (χ0) is 14.1. The second-order valence-electron chi connectivity index (χ2n) is 3.82. The summed E-state index contributed by atoms with van der Waals surface area (Å²) in [6.07, 6.45) is 0. The van der Waals surface area contributed by atoms with Gasteiger partial charge in [0.1, 0.15) is 12.6 Å². The molecule has 0 saturated heterocycles. The zero-order valence-corrected chi connectivity index (χ0v) is 10.7. The largest absolute Gasteiger partial charge is 0.502 e. The Morgan fingerprint density at radius 2 is 2.05 bits per heavy atom. The molecule has 0 radical (unpaired) electrons. The smallest absolute Gasteiger partial charge is 0.313 e. The zero-order valence-electron chi connectivity index (χ0n) is 9.84. The molecule has 108 valence electrons. The van der Waals surface area contributed by atoms with Crippen LogP contribution in [-0.2, 0) is 0 Å². The molecule has 0 fully saturated rings. The number of aryl methyl sites for hydroxylation is 1. The molecule has 0 bridgehead atoms. The number of aliphatic hydroxyl groups is 1. The lowest BCUT2D eigenvalue weighted by molar-refractivity contribution is -0.386.